The van der Waals surface area contributed by atoms with E-state index in [-0.39, 0.29) is 0 Å². The first-order chi connectivity index (χ1) is 2.81. The summed E-state index contributed by atoms with van der Waals surface area (Å²) in [6.07, 6.45) is 0.653. The second-order valence-corrected chi connectivity index (χ2v) is 0.725. The van der Waals surface area contributed by atoms with Gasteiger partial charge in [0.2, 0.25) is 12.8 Å². The number of carbonyl (C=O) groups is 2. The van der Waals surface area contributed by atoms with Crippen molar-refractivity contribution < 1.29 is 9.59 Å². The van der Waals surface area contributed by atoms with Crippen LogP contribution in [0.2, 0.25) is 0 Å². The summed E-state index contributed by atoms with van der Waals surface area (Å²) in [5.74, 6) is 0. The van der Waals surface area contributed by atoms with E-state index in [1.165, 1.54) is 0 Å². The second kappa shape index (κ2) is 2.38. The van der Waals surface area contributed by atoms with Crippen LogP contribution in [0.25, 0.3) is 0 Å². The van der Waals surface area contributed by atoms with Crippen LogP contribution >= 0.6 is 0 Å². The molecule has 1 radical (unpaired) electrons. The first kappa shape index (κ1) is 5.14. The predicted octanol–water partition coefficient (Wildman–Crippen LogP) is -0.607. The molecule has 0 N–H and O–H groups in total. The quantitative estimate of drug-likeness (QED) is 0.420. The molecule has 0 saturated carbocycles. The number of imide groups is 1. The van der Waals surface area contributed by atoms with E-state index in [9.17, 15) is 9.59 Å². The van der Waals surface area contributed by atoms with Gasteiger partial charge in [0.15, 0.2) is 0 Å². The predicted molar refractivity (Wildman–Crippen MR) is 19.3 cm³/mol. The molecule has 6 heavy (non-hydrogen) atoms. The summed E-state index contributed by atoms with van der Waals surface area (Å²) < 4.78 is 0. The molecule has 0 fully saturated rings. The van der Waals surface area contributed by atoms with E-state index in [2.05, 4.69) is 7.05 Å². The highest BCUT2D eigenvalue weighted by atomic mass is 16.2. The molecule has 0 aliphatic heterocycles. The van der Waals surface area contributed by atoms with E-state index in [0.717, 1.165) is 0 Å². The standard InChI is InChI=1S/C3H4NO2/c1-4(2-5)3-6/h2-3H,1H2. The first-order valence-corrected chi connectivity index (χ1v) is 1.30. The summed E-state index contributed by atoms with van der Waals surface area (Å²) in [5.41, 5.74) is 0. The van der Waals surface area contributed by atoms with Gasteiger partial charge in [-0.05, 0) is 0 Å². The number of rotatable bonds is 2. The lowest BCUT2D eigenvalue weighted by Gasteiger charge is -1.90. The summed E-state index contributed by atoms with van der Waals surface area (Å²) in [4.78, 5) is 19.4. The van der Waals surface area contributed by atoms with Crippen molar-refractivity contribution in [3.8, 4) is 0 Å². The molecule has 0 spiro atoms. The van der Waals surface area contributed by atoms with Crippen LogP contribution in [0.3, 0.4) is 0 Å². The molecule has 0 aromatic heterocycles. The highest BCUT2D eigenvalue weighted by Gasteiger charge is 1.79. The van der Waals surface area contributed by atoms with Gasteiger partial charge in [-0.15, -0.1) is 0 Å². The molecule has 0 aromatic rings. The lowest BCUT2D eigenvalue weighted by molar-refractivity contribution is -0.126. The molecule has 3 nitrogen and oxygen atoms in total. The Morgan fingerprint density at radius 2 is 1.67 bits per heavy atom. The summed E-state index contributed by atoms with van der Waals surface area (Å²) in [6, 6.07) is 0. The number of amides is 2. The van der Waals surface area contributed by atoms with E-state index in [0.29, 0.717) is 17.7 Å². The van der Waals surface area contributed by atoms with Gasteiger partial charge < -0.3 is 0 Å². The van der Waals surface area contributed by atoms with Crippen LogP contribution in [0.4, 0.5) is 0 Å². The van der Waals surface area contributed by atoms with Crippen molar-refractivity contribution in [2.45, 2.75) is 0 Å². The van der Waals surface area contributed by atoms with Gasteiger partial charge in [-0.1, -0.05) is 0 Å². The maximum atomic E-state index is 9.37. The van der Waals surface area contributed by atoms with Gasteiger partial charge in [0.05, 0.1) is 0 Å². The number of hydrogen-bond donors (Lipinski definition) is 0. The van der Waals surface area contributed by atoms with Crippen molar-refractivity contribution in [3.63, 3.8) is 0 Å². The van der Waals surface area contributed by atoms with E-state index in [1.54, 1.807) is 0 Å². The van der Waals surface area contributed by atoms with Crippen molar-refractivity contribution in [1.82, 2.24) is 4.90 Å². The van der Waals surface area contributed by atoms with Crippen LogP contribution in [-0.4, -0.2) is 17.7 Å². The number of hydrogen-bond acceptors (Lipinski definition) is 2. The third-order valence-corrected chi connectivity index (χ3v) is 0.271. The Hall–Kier alpha value is -0.860. The Bertz CT molecular complexity index is 53.8. The fraction of sp³-hybridized carbons (Fsp3) is 0. The van der Waals surface area contributed by atoms with Gasteiger partial charge in [0, 0.05) is 7.05 Å². The molecule has 3 heteroatoms. The minimum atomic E-state index is 0.326. The lowest BCUT2D eigenvalue weighted by atomic mass is 11.0. The summed E-state index contributed by atoms with van der Waals surface area (Å²) in [7, 11) is 2.97. The fourth-order valence-electron chi connectivity index (χ4n) is 0.0248. The molecule has 0 aliphatic carbocycles. The van der Waals surface area contributed by atoms with E-state index in [1.807, 2.05) is 0 Å². The zero-order chi connectivity index (χ0) is 4.99. The van der Waals surface area contributed by atoms with Crippen molar-refractivity contribution in [1.29, 1.82) is 0 Å². The number of carbonyl (C=O) groups excluding carboxylic acids is 2. The summed E-state index contributed by atoms with van der Waals surface area (Å²) in [5, 5.41) is 0. The zero-order valence-corrected chi connectivity index (χ0v) is 3.13. The summed E-state index contributed by atoms with van der Waals surface area (Å²) >= 11 is 0. The van der Waals surface area contributed by atoms with E-state index in [4.69, 9.17) is 0 Å². The first-order valence-electron chi connectivity index (χ1n) is 1.30. The normalized spacial score (nSPS) is 6.83. The van der Waals surface area contributed by atoms with Crippen LogP contribution in [0, 0.1) is 7.05 Å². The molecule has 2 amide bonds. The molecule has 0 atom stereocenters. The molecule has 0 rings (SSSR count). The van der Waals surface area contributed by atoms with Crippen LogP contribution in [-0.2, 0) is 9.59 Å². The Balaban J connectivity index is 3.21. The smallest absolute Gasteiger partial charge is 0.216 e. The molecule has 0 aliphatic rings. The van der Waals surface area contributed by atoms with Gasteiger partial charge in [0.25, 0.3) is 0 Å². The topological polar surface area (TPSA) is 37.4 Å². The average Bonchev–Trinajstić information content (AvgIpc) is 1.65. The molecule has 0 bridgehead atoms. The highest BCUT2D eigenvalue weighted by molar-refractivity contribution is 5.68. The van der Waals surface area contributed by atoms with Gasteiger partial charge in [0.1, 0.15) is 0 Å². The van der Waals surface area contributed by atoms with Gasteiger partial charge >= 0.3 is 0 Å². The van der Waals surface area contributed by atoms with Crippen molar-refractivity contribution >= 4 is 12.8 Å². The van der Waals surface area contributed by atoms with E-state index >= 15 is 0 Å². The highest BCUT2D eigenvalue weighted by Crippen LogP contribution is 1.60. The SMILES string of the molecule is [CH2]N(C=O)C=O. The molecular formula is C3H4NO2. The van der Waals surface area contributed by atoms with Crippen LogP contribution < -0.4 is 0 Å². The van der Waals surface area contributed by atoms with Crippen molar-refractivity contribution in [2.24, 2.45) is 0 Å². The molecular weight excluding hydrogens is 82.0 g/mol. The third kappa shape index (κ3) is 1.46. The van der Waals surface area contributed by atoms with Crippen LogP contribution in [0.5, 0.6) is 0 Å². The van der Waals surface area contributed by atoms with Gasteiger partial charge in [-0.3, -0.25) is 14.5 Å². The van der Waals surface area contributed by atoms with E-state index < -0.39 is 0 Å². The van der Waals surface area contributed by atoms with Crippen molar-refractivity contribution in [2.75, 3.05) is 0 Å². The Kier molecular flexibility index (Phi) is 2.04. The maximum absolute atomic E-state index is 9.37. The van der Waals surface area contributed by atoms with Crippen LogP contribution in [0.15, 0.2) is 0 Å². The Morgan fingerprint density at radius 1 is 1.33 bits per heavy atom. The molecule has 0 unspecified atom stereocenters. The Labute approximate surface area is 35.6 Å². The fourth-order valence-corrected chi connectivity index (χ4v) is 0.0248. The molecule has 0 saturated heterocycles. The minimum Gasteiger partial charge on any atom is -0.286 e. The minimum absolute atomic E-state index is 0.326. The van der Waals surface area contributed by atoms with Crippen molar-refractivity contribution in [3.05, 3.63) is 7.05 Å². The largest absolute Gasteiger partial charge is 0.286 e. The average molecular weight is 86.1 g/mol. The summed E-state index contributed by atoms with van der Waals surface area (Å²) in [6.45, 7) is 0. The monoisotopic (exact) mass is 86.0 g/mol. The molecule has 33 valence electrons. The Morgan fingerprint density at radius 3 is 1.67 bits per heavy atom. The number of nitrogens with zero attached hydrogens (tertiary/aromatic N) is 1. The van der Waals surface area contributed by atoms with Crippen LogP contribution in [0.1, 0.15) is 0 Å². The molecule has 0 heterocycles. The zero-order valence-electron chi connectivity index (χ0n) is 3.13. The lowest BCUT2D eigenvalue weighted by Crippen LogP contribution is -2.08. The third-order valence-electron chi connectivity index (χ3n) is 0.271. The van der Waals surface area contributed by atoms with Gasteiger partial charge in [-0.25, -0.2) is 0 Å². The van der Waals surface area contributed by atoms with Gasteiger partial charge in [-0.2, -0.15) is 0 Å². The maximum Gasteiger partial charge on any atom is 0.216 e. The second-order valence-electron chi connectivity index (χ2n) is 0.725. The molecule has 0 aromatic carbocycles.